The van der Waals surface area contributed by atoms with Gasteiger partial charge in [-0.25, -0.2) is 0 Å². The second-order valence-corrected chi connectivity index (χ2v) is 7.18. The predicted molar refractivity (Wildman–Crippen MR) is 103 cm³/mol. The summed E-state index contributed by atoms with van der Waals surface area (Å²) in [6.45, 7) is 0. The second-order valence-electron chi connectivity index (χ2n) is 4.79. The van der Waals surface area contributed by atoms with Crippen molar-refractivity contribution in [3.8, 4) is 11.5 Å². The topological polar surface area (TPSA) is 52.6 Å². The van der Waals surface area contributed by atoms with Crippen LogP contribution in [0.4, 0.5) is 0 Å². The van der Waals surface area contributed by atoms with Gasteiger partial charge in [0.1, 0.15) is 10.0 Å². The Bertz CT molecular complexity index is 797. The minimum absolute atomic E-state index is 0.00687. The normalized spacial score (nSPS) is 10.5. The molecule has 10 heteroatoms. The van der Waals surface area contributed by atoms with Gasteiger partial charge in [-0.05, 0) is 24.3 Å². The highest BCUT2D eigenvalue weighted by Gasteiger charge is 2.19. The molecule has 2 aromatic rings. The molecule has 0 aliphatic carbocycles. The summed E-state index contributed by atoms with van der Waals surface area (Å²) in [4.78, 5) is 23.8. The van der Waals surface area contributed by atoms with Crippen molar-refractivity contribution in [1.82, 2.24) is 0 Å². The van der Waals surface area contributed by atoms with Gasteiger partial charge >= 0.3 is 11.9 Å². The Morgan fingerprint density at radius 1 is 0.615 bits per heavy atom. The minimum atomic E-state index is -0.753. The van der Waals surface area contributed by atoms with Gasteiger partial charge in [0.25, 0.3) is 0 Å². The Balaban J connectivity index is 1.97. The second kappa shape index (κ2) is 9.36. The summed E-state index contributed by atoms with van der Waals surface area (Å²) >= 11 is 35.4. The maximum absolute atomic E-state index is 11.9. The van der Waals surface area contributed by atoms with E-state index in [0.29, 0.717) is 0 Å². The van der Waals surface area contributed by atoms with Gasteiger partial charge < -0.3 is 9.47 Å². The Morgan fingerprint density at radius 3 is 1.27 bits per heavy atom. The molecule has 0 bridgehead atoms. The lowest BCUT2D eigenvalue weighted by molar-refractivity contribution is -0.140. The molecule has 0 heterocycles. The molecule has 26 heavy (non-hydrogen) atoms. The van der Waals surface area contributed by atoms with Gasteiger partial charge in [-0.3, -0.25) is 9.59 Å². The fourth-order valence-corrected chi connectivity index (χ4v) is 2.93. The highest BCUT2D eigenvalue weighted by molar-refractivity contribution is 6.45. The summed E-state index contributed by atoms with van der Waals surface area (Å²) in [5.74, 6) is -1.67. The summed E-state index contributed by atoms with van der Waals surface area (Å²) in [6.07, 6.45) is -0.596. The van der Waals surface area contributed by atoms with E-state index in [4.69, 9.17) is 79.1 Å². The Hall–Kier alpha value is -0.880. The molecule has 0 radical (unpaired) electrons. The molecular weight excluding hydrogens is 469 g/mol. The zero-order valence-electron chi connectivity index (χ0n) is 12.6. The van der Waals surface area contributed by atoms with E-state index < -0.39 is 11.9 Å². The lowest BCUT2D eigenvalue weighted by Crippen LogP contribution is -2.14. The molecule has 2 aromatic carbocycles. The lowest BCUT2D eigenvalue weighted by atomic mass is 10.3. The molecule has 0 aliphatic rings. The molecular formula is C16H8Cl6O4. The van der Waals surface area contributed by atoms with Crippen LogP contribution >= 0.6 is 69.6 Å². The Kier molecular flexibility index (Phi) is 7.71. The highest BCUT2D eigenvalue weighted by Crippen LogP contribution is 2.39. The van der Waals surface area contributed by atoms with E-state index in [2.05, 4.69) is 0 Å². The number of hydrogen-bond donors (Lipinski definition) is 0. The van der Waals surface area contributed by atoms with E-state index in [1.54, 1.807) is 0 Å². The average Bonchev–Trinajstić information content (AvgIpc) is 2.60. The molecule has 4 nitrogen and oxygen atoms in total. The molecule has 0 spiro atoms. The van der Waals surface area contributed by atoms with E-state index in [9.17, 15) is 9.59 Å². The molecule has 0 saturated carbocycles. The molecule has 0 N–H and O–H groups in total. The number of halogens is 6. The zero-order chi connectivity index (χ0) is 19.4. The van der Waals surface area contributed by atoms with Gasteiger partial charge in [-0.15, -0.1) is 0 Å². The van der Waals surface area contributed by atoms with Crippen molar-refractivity contribution in [1.29, 1.82) is 0 Å². The molecule has 0 unspecified atom stereocenters. The SMILES string of the molecule is O=C(CCC(=O)Oc1c(Cl)ccc(Cl)c1Cl)Oc1c(Cl)ccc(Cl)c1Cl. The number of esters is 2. The van der Waals surface area contributed by atoms with Gasteiger partial charge in [-0.2, -0.15) is 0 Å². The third-order valence-electron chi connectivity index (χ3n) is 2.97. The third kappa shape index (κ3) is 5.32. The van der Waals surface area contributed by atoms with E-state index in [-0.39, 0.29) is 54.5 Å². The van der Waals surface area contributed by atoms with Gasteiger partial charge in [0, 0.05) is 0 Å². The first kappa shape index (κ1) is 21.4. The van der Waals surface area contributed by atoms with Crippen molar-refractivity contribution in [2.75, 3.05) is 0 Å². The van der Waals surface area contributed by atoms with Crippen molar-refractivity contribution in [2.24, 2.45) is 0 Å². The number of rotatable bonds is 5. The first-order valence-corrected chi connectivity index (χ1v) is 9.15. The molecule has 0 atom stereocenters. The summed E-state index contributed by atoms with van der Waals surface area (Å²) in [7, 11) is 0. The van der Waals surface area contributed by atoms with Gasteiger partial charge in [0.05, 0.1) is 32.9 Å². The molecule has 138 valence electrons. The quantitative estimate of drug-likeness (QED) is 0.267. The van der Waals surface area contributed by atoms with Gasteiger partial charge in [-0.1, -0.05) is 69.6 Å². The molecule has 2 rings (SSSR count). The maximum Gasteiger partial charge on any atom is 0.311 e. The third-order valence-corrected chi connectivity index (χ3v) is 5.14. The van der Waals surface area contributed by atoms with Crippen LogP contribution in [-0.2, 0) is 9.59 Å². The summed E-state index contributed by atoms with van der Waals surface area (Å²) in [5, 5.41) is 0.535. The summed E-state index contributed by atoms with van der Waals surface area (Å²) in [6, 6.07) is 5.77. The lowest BCUT2D eigenvalue weighted by Gasteiger charge is -2.10. The highest BCUT2D eigenvalue weighted by atomic mass is 35.5. The maximum atomic E-state index is 11.9. The van der Waals surface area contributed by atoms with Crippen molar-refractivity contribution in [3.05, 3.63) is 54.4 Å². The first-order chi connectivity index (χ1) is 12.2. The van der Waals surface area contributed by atoms with Crippen LogP contribution in [0.1, 0.15) is 12.8 Å². The zero-order valence-corrected chi connectivity index (χ0v) is 17.2. The molecule has 0 fully saturated rings. The van der Waals surface area contributed by atoms with Crippen LogP contribution in [0.25, 0.3) is 0 Å². The van der Waals surface area contributed by atoms with Crippen molar-refractivity contribution in [3.63, 3.8) is 0 Å². The van der Waals surface area contributed by atoms with Crippen LogP contribution in [0.15, 0.2) is 24.3 Å². The standard InChI is InChI=1S/C16H8Cl6O4/c17-7-1-3-9(19)15(13(7)21)25-11(23)5-6-12(24)26-16-10(20)4-2-8(18)14(16)22/h1-4H,5-6H2. The first-order valence-electron chi connectivity index (χ1n) is 6.89. The van der Waals surface area contributed by atoms with Crippen molar-refractivity contribution >= 4 is 81.5 Å². The van der Waals surface area contributed by atoms with Crippen LogP contribution < -0.4 is 9.47 Å². The average molecular weight is 477 g/mol. The number of carbonyl (C=O) groups is 2. The smallest absolute Gasteiger partial charge is 0.311 e. The monoisotopic (exact) mass is 474 g/mol. The molecule has 0 saturated heterocycles. The van der Waals surface area contributed by atoms with Gasteiger partial charge in [0.15, 0.2) is 11.5 Å². The van der Waals surface area contributed by atoms with Crippen LogP contribution in [0.3, 0.4) is 0 Å². The number of benzene rings is 2. The number of ether oxygens (including phenoxy) is 2. The van der Waals surface area contributed by atoms with E-state index in [1.807, 2.05) is 0 Å². The summed E-state index contributed by atoms with van der Waals surface area (Å²) < 4.78 is 10.1. The van der Waals surface area contributed by atoms with E-state index in [1.165, 1.54) is 24.3 Å². The largest absolute Gasteiger partial charge is 0.423 e. The van der Waals surface area contributed by atoms with Gasteiger partial charge in [0.2, 0.25) is 0 Å². The number of hydrogen-bond acceptors (Lipinski definition) is 4. The molecule has 0 aliphatic heterocycles. The minimum Gasteiger partial charge on any atom is -0.423 e. The van der Waals surface area contributed by atoms with Crippen LogP contribution in [0.2, 0.25) is 30.1 Å². The fourth-order valence-electron chi connectivity index (χ4n) is 1.74. The number of carbonyl (C=O) groups excluding carboxylic acids is 2. The molecule has 0 amide bonds. The van der Waals surface area contributed by atoms with Crippen molar-refractivity contribution < 1.29 is 19.1 Å². The van der Waals surface area contributed by atoms with E-state index >= 15 is 0 Å². The van der Waals surface area contributed by atoms with Crippen LogP contribution in [0.5, 0.6) is 11.5 Å². The van der Waals surface area contributed by atoms with Crippen LogP contribution in [0, 0.1) is 0 Å². The predicted octanol–water partition coefficient (Wildman–Crippen LogP) is 6.90. The van der Waals surface area contributed by atoms with Crippen molar-refractivity contribution in [2.45, 2.75) is 12.8 Å². The Labute approximate surface area is 178 Å². The van der Waals surface area contributed by atoms with Crippen LogP contribution in [-0.4, -0.2) is 11.9 Å². The summed E-state index contributed by atoms with van der Waals surface area (Å²) in [5.41, 5.74) is 0. The van der Waals surface area contributed by atoms with E-state index in [0.717, 1.165) is 0 Å². The fraction of sp³-hybridized carbons (Fsp3) is 0.125. The Morgan fingerprint density at radius 2 is 0.923 bits per heavy atom. The molecule has 0 aromatic heterocycles.